The Hall–Kier alpha value is -2.93. The number of fused-ring (bicyclic) bond motifs is 1. The van der Waals surface area contributed by atoms with Crippen molar-refractivity contribution < 1.29 is 4.74 Å². The van der Waals surface area contributed by atoms with E-state index >= 15 is 0 Å². The van der Waals surface area contributed by atoms with E-state index in [-0.39, 0.29) is 0 Å². The number of hydrogen-bond donors (Lipinski definition) is 1. The van der Waals surface area contributed by atoms with Crippen LogP contribution in [0.3, 0.4) is 0 Å². The van der Waals surface area contributed by atoms with Crippen LogP contribution in [0.5, 0.6) is 11.5 Å². The van der Waals surface area contributed by atoms with E-state index in [1.165, 1.54) is 32.1 Å². The van der Waals surface area contributed by atoms with Crippen LogP contribution in [0.2, 0.25) is 0 Å². The molecule has 6 nitrogen and oxygen atoms in total. The molecule has 0 saturated heterocycles. The summed E-state index contributed by atoms with van der Waals surface area (Å²) in [6, 6.07) is 10.3. The number of hydrogen-bond acceptors (Lipinski definition) is 6. The fourth-order valence-electron chi connectivity index (χ4n) is 4.30. The van der Waals surface area contributed by atoms with Gasteiger partial charge < -0.3 is 10.1 Å². The fraction of sp³-hybridized carbons (Fsp3) is 0.375. The lowest BCUT2D eigenvalue weighted by atomic mass is 9.85. The number of ether oxygens (including phenoxy) is 1. The van der Waals surface area contributed by atoms with Gasteiger partial charge in [-0.05, 0) is 43.9 Å². The summed E-state index contributed by atoms with van der Waals surface area (Å²) in [4.78, 5) is 9.22. The van der Waals surface area contributed by atoms with Gasteiger partial charge in [0.1, 0.15) is 11.5 Å². The van der Waals surface area contributed by atoms with Crippen LogP contribution in [0.4, 0.5) is 5.13 Å². The standard InChI is InChI=1S/C24H27N5OS/c1-16(17-6-4-3-5-7-17)27-24-28-21-9-8-19(13-23(21)31-24)30-20-10-11-25-22(12-20)18-14-26-29(2)15-18/h8-17H,3-7H2,1-2H3,(H,27,28)/t16-/m0/s1. The molecule has 1 fully saturated rings. The lowest BCUT2D eigenvalue weighted by molar-refractivity contribution is 0.328. The van der Waals surface area contributed by atoms with Crippen molar-refractivity contribution in [1.29, 1.82) is 0 Å². The van der Waals surface area contributed by atoms with Crippen molar-refractivity contribution in [2.75, 3.05) is 5.32 Å². The number of pyridine rings is 1. The fourth-order valence-corrected chi connectivity index (χ4v) is 5.29. The second kappa shape index (κ2) is 8.67. The molecule has 1 aliphatic carbocycles. The third-order valence-corrected chi connectivity index (χ3v) is 6.99. The van der Waals surface area contributed by atoms with Crippen LogP contribution in [0, 0.1) is 5.92 Å². The highest BCUT2D eigenvalue weighted by molar-refractivity contribution is 7.22. The minimum Gasteiger partial charge on any atom is -0.457 e. The van der Waals surface area contributed by atoms with Crippen molar-refractivity contribution in [2.24, 2.45) is 13.0 Å². The molecule has 3 heterocycles. The molecule has 1 aromatic carbocycles. The summed E-state index contributed by atoms with van der Waals surface area (Å²) >= 11 is 1.69. The summed E-state index contributed by atoms with van der Waals surface area (Å²) in [7, 11) is 1.90. The second-order valence-electron chi connectivity index (χ2n) is 8.36. The zero-order valence-corrected chi connectivity index (χ0v) is 18.7. The minimum atomic E-state index is 0.458. The van der Waals surface area contributed by atoms with Gasteiger partial charge >= 0.3 is 0 Å². The predicted molar refractivity (Wildman–Crippen MR) is 126 cm³/mol. The van der Waals surface area contributed by atoms with Gasteiger partial charge in [0.05, 0.1) is 22.1 Å². The molecule has 31 heavy (non-hydrogen) atoms. The van der Waals surface area contributed by atoms with E-state index < -0.39 is 0 Å². The first-order chi connectivity index (χ1) is 15.1. The molecule has 1 N–H and O–H groups in total. The van der Waals surface area contributed by atoms with Crippen molar-refractivity contribution in [1.82, 2.24) is 19.7 Å². The van der Waals surface area contributed by atoms with Crippen LogP contribution in [-0.2, 0) is 7.05 Å². The van der Waals surface area contributed by atoms with Crippen molar-refractivity contribution in [2.45, 2.75) is 45.1 Å². The molecule has 3 aromatic heterocycles. The van der Waals surface area contributed by atoms with Gasteiger partial charge in [-0.15, -0.1) is 0 Å². The lowest BCUT2D eigenvalue weighted by Crippen LogP contribution is -2.27. The van der Waals surface area contributed by atoms with E-state index in [1.54, 1.807) is 28.4 Å². The molecule has 160 valence electrons. The molecule has 0 radical (unpaired) electrons. The second-order valence-corrected chi connectivity index (χ2v) is 9.39. The number of nitrogens with zero attached hydrogens (tertiary/aromatic N) is 4. The average molecular weight is 434 g/mol. The Labute approximate surface area is 186 Å². The smallest absolute Gasteiger partial charge is 0.184 e. The van der Waals surface area contributed by atoms with Crippen LogP contribution in [-0.4, -0.2) is 25.8 Å². The normalized spacial score (nSPS) is 15.8. The number of rotatable bonds is 6. The molecule has 0 bridgehead atoms. The summed E-state index contributed by atoms with van der Waals surface area (Å²) in [6.07, 6.45) is 12.3. The van der Waals surface area contributed by atoms with Gasteiger partial charge in [0.25, 0.3) is 0 Å². The highest BCUT2D eigenvalue weighted by Gasteiger charge is 2.21. The van der Waals surface area contributed by atoms with Gasteiger partial charge in [-0.1, -0.05) is 30.6 Å². The summed E-state index contributed by atoms with van der Waals surface area (Å²) in [5.74, 6) is 2.30. The molecule has 1 aliphatic rings. The Kier molecular flexibility index (Phi) is 5.59. The molecule has 1 saturated carbocycles. The van der Waals surface area contributed by atoms with E-state index in [0.29, 0.717) is 6.04 Å². The summed E-state index contributed by atoms with van der Waals surface area (Å²) in [6.45, 7) is 2.29. The molecular weight excluding hydrogens is 406 g/mol. The van der Waals surface area contributed by atoms with Gasteiger partial charge in [-0.2, -0.15) is 5.10 Å². The zero-order chi connectivity index (χ0) is 21.2. The Bertz CT molecular complexity index is 1180. The van der Waals surface area contributed by atoms with Crippen molar-refractivity contribution in [3.05, 3.63) is 48.9 Å². The van der Waals surface area contributed by atoms with Crippen molar-refractivity contribution in [3.8, 4) is 22.8 Å². The molecule has 5 rings (SSSR count). The van der Waals surface area contributed by atoms with Crippen molar-refractivity contribution in [3.63, 3.8) is 0 Å². The number of anilines is 1. The number of thiazole rings is 1. The molecule has 4 aromatic rings. The quantitative estimate of drug-likeness (QED) is 0.388. The molecule has 0 unspecified atom stereocenters. The molecule has 7 heteroatoms. The number of aryl methyl sites for hydroxylation is 1. The summed E-state index contributed by atoms with van der Waals surface area (Å²) in [5, 5.41) is 8.86. The van der Waals surface area contributed by atoms with E-state index in [4.69, 9.17) is 9.72 Å². The molecule has 1 atom stereocenters. The van der Waals surface area contributed by atoms with E-state index in [9.17, 15) is 0 Å². The Morgan fingerprint density at radius 3 is 2.77 bits per heavy atom. The van der Waals surface area contributed by atoms with Gasteiger partial charge in [0, 0.05) is 43.2 Å². The number of aromatic nitrogens is 4. The number of benzene rings is 1. The van der Waals surface area contributed by atoms with Crippen LogP contribution in [0.15, 0.2) is 48.9 Å². The SMILES string of the molecule is C[C@H](Nc1nc2ccc(Oc3ccnc(-c4cnn(C)c4)c3)cc2s1)C1CCCCC1. The van der Waals surface area contributed by atoms with Crippen LogP contribution in [0.25, 0.3) is 21.5 Å². The Balaban J connectivity index is 1.31. The van der Waals surface area contributed by atoms with Gasteiger partial charge in [-0.3, -0.25) is 9.67 Å². The van der Waals surface area contributed by atoms with Crippen LogP contribution < -0.4 is 10.1 Å². The highest BCUT2D eigenvalue weighted by atomic mass is 32.1. The van der Waals surface area contributed by atoms with E-state index in [1.807, 2.05) is 37.5 Å². The lowest BCUT2D eigenvalue weighted by Gasteiger charge is -2.28. The molecule has 0 spiro atoms. The maximum atomic E-state index is 6.13. The highest BCUT2D eigenvalue weighted by Crippen LogP contribution is 2.34. The first kappa shape index (κ1) is 20.0. The topological polar surface area (TPSA) is 64.9 Å². The van der Waals surface area contributed by atoms with E-state index in [2.05, 4.69) is 28.4 Å². The van der Waals surface area contributed by atoms with Gasteiger partial charge in [-0.25, -0.2) is 4.98 Å². The summed E-state index contributed by atoms with van der Waals surface area (Å²) < 4.78 is 9.02. The zero-order valence-electron chi connectivity index (χ0n) is 17.9. The molecular formula is C24H27N5OS. The van der Waals surface area contributed by atoms with Crippen molar-refractivity contribution >= 4 is 26.7 Å². The maximum absolute atomic E-state index is 6.13. The molecule has 0 aliphatic heterocycles. The predicted octanol–water partition coefficient (Wildman–Crippen LogP) is 6.26. The third kappa shape index (κ3) is 4.56. The monoisotopic (exact) mass is 433 g/mol. The third-order valence-electron chi connectivity index (χ3n) is 6.04. The average Bonchev–Trinajstić information content (AvgIpc) is 3.40. The van der Waals surface area contributed by atoms with E-state index in [0.717, 1.165) is 44.0 Å². The Morgan fingerprint density at radius 1 is 1.13 bits per heavy atom. The first-order valence-electron chi connectivity index (χ1n) is 10.9. The van der Waals surface area contributed by atoms with Gasteiger partial charge in [0.2, 0.25) is 0 Å². The molecule has 0 amide bonds. The minimum absolute atomic E-state index is 0.458. The van der Waals surface area contributed by atoms with Crippen LogP contribution >= 0.6 is 11.3 Å². The summed E-state index contributed by atoms with van der Waals surface area (Å²) in [5.41, 5.74) is 2.81. The number of nitrogens with one attached hydrogen (secondary N) is 1. The van der Waals surface area contributed by atoms with Gasteiger partial charge in [0.15, 0.2) is 5.13 Å². The van der Waals surface area contributed by atoms with Crippen LogP contribution in [0.1, 0.15) is 39.0 Å². The largest absolute Gasteiger partial charge is 0.457 e. The first-order valence-corrected chi connectivity index (χ1v) is 11.8. The Morgan fingerprint density at radius 2 is 1.97 bits per heavy atom. The maximum Gasteiger partial charge on any atom is 0.184 e.